The Morgan fingerprint density at radius 2 is 2.27 bits per heavy atom. The Morgan fingerprint density at radius 1 is 1.60 bits per heavy atom. The lowest BCUT2D eigenvalue weighted by Crippen LogP contribution is -2.39. The third-order valence-electron chi connectivity index (χ3n) is 3.28. The van der Waals surface area contributed by atoms with E-state index in [4.69, 9.17) is 4.74 Å². The van der Waals surface area contributed by atoms with Crippen LogP contribution in [0.5, 0.6) is 0 Å². The average molecular weight is 217 g/mol. The summed E-state index contributed by atoms with van der Waals surface area (Å²) >= 11 is 0. The lowest BCUT2D eigenvalue weighted by molar-refractivity contribution is -0.160. The number of nitrogens with one attached hydrogen (secondary N) is 1. The van der Waals surface area contributed by atoms with Crippen molar-refractivity contribution in [1.82, 2.24) is 5.32 Å². The van der Waals surface area contributed by atoms with Crippen molar-refractivity contribution in [3.63, 3.8) is 0 Å². The lowest BCUT2D eigenvalue weighted by atomic mass is 9.90. The van der Waals surface area contributed by atoms with Gasteiger partial charge >= 0.3 is 5.97 Å². The van der Waals surface area contributed by atoms with Crippen LogP contribution in [0.3, 0.4) is 0 Å². The number of hydrogen-bond acceptors (Lipinski definition) is 3. The van der Waals surface area contributed by atoms with Gasteiger partial charge in [-0.3, -0.25) is 0 Å². The number of alkyl halides is 1. The number of carbonyl (C=O) groups is 1. The molecule has 1 aliphatic rings. The maximum Gasteiger partial charge on any atom is 0.344 e. The van der Waals surface area contributed by atoms with Gasteiger partial charge in [-0.05, 0) is 26.8 Å². The van der Waals surface area contributed by atoms with Gasteiger partial charge in [-0.2, -0.15) is 0 Å². The van der Waals surface area contributed by atoms with Crippen molar-refractivity contribution in [3.8, 4) is 0 Å². The molecule has 0 radical (unpaired) electrons. The molecule has 4 heteroatoms. The second-order valence-electron chi connectivity index (χ2n) is 4.11. The van der Waals surface area contributed by atoms with Crippen molar-refractivity contribution in [2.75, 3.05) is 13.7 Å². The van der Waals surface area contributed by atoms with E-state index in [2.05, 4.69) is 5.32 Å². The van der Waals surface area contributed by atoms with E-state index in [0.29, 0.717) is 12.8 Å². The van der Waals surface area contributed by atoms with E-state index in [-0.39, 0.29) is 25.0 Å². The summed E-state index contributed by atoms with van der Waals surface area (Å²) in [6.45, 7) is 3.86. The SMILES string of the molecule is CCOC(=O)C1(F)CC(NC)CC1CC. The maximum absolute atomic E-state index is 14.5. The molecule has 1 aliphatic carbocycles. The minimum absolute atomic E-state index is 0.0874. The molecule has 1 fully saturated rings. The highest BCUT2D eigenvalue weighted by Crippen LogP contribution is 2.42. The highest BCUT2D eigenvalue weighted by Gasteiger charge is 2.53. The Bertz CT molecular complexity index is 235. The highest BCUT2D eigenvalue weighted by atomic mass is 19.1. The van der Waals surface area contributed by atoms with Crippen LogP contribution in [0.25, 0.3) is 0 Å². The molecule has 3 nitrogen and oxygen atoms in total. The minimum Gasteiger partial charge on any atom is -0.464 e. The lowest BCUT2D eigenvalue weighted by Gasteiger charge is -2.23. The number of rotatable bonds is 4. The fraction of sp³-hybridized carbons (Fsp3) is 0.909. The molecule has 1 rings (SSSR count). The van der Waals surface area contributed by atoms with Gasteiger partial charge in [0.25, 0.3) is 0 Å². The van der Waals surface area contributed by atoms with Crippen molar-refractivity contribution in [2.45, 2.75) is 44.8 Å². The third kappa shape index (κ3) is 2.30. The van der Waals surface area contributed by atoms with Crippen LogP contribution in [0.4, 0.5) is 4.39 Å². The molecule has 0 aliphatic heterocycles. The van der Waals surface area contributed by atoms with Crippen LogP contribution in [0.2, 0.25) is 0 Å². The van der Waals surface area contributed by atoms with Gasteiger partial charge in [0.15, 0.2) is 0 Å². The molecular formula is C11H20FNO2. The van der Waals surface area contributed by atoms with E-state index in [1.54, 1.807) is 14.0 Å². The van der Waals surface area contributed by atoms with Gasteiger partial charge in [0.2, 0.25) is 5.67 Å². The predicted molar refractivity (Wildman–Crippen MR) is 56.3 cm³/mol. The van der Waals surface area contributed by atoms with E-state index in [0.717, 1.165) is 0 Å². The maximum atomic E-state index is 14.5. The zero-order valence-corrected chi connectivity index (χ0v) is 9.68. The van der Waals surface area contributed by atoms with Gasteiger partial charge in [0.1, 0.15) is 0 Å². The molecule has 3 unspecified atom stereocenters. The minimum atomic E-state index is -1.78. The third-order valence-corrected chi connectivity index (χ3v) is 3.28. The molecule has 1 N–H and O–H groups in total. The van der Waals surface area contributed by atoms with E-state index in [1.165, 1.54) is 0 Å². The summed E-state index contributed by atoms with van der Waals surface area (Å²) < 4.78 is 19.3. The van der Waals surface area contributed by atoms with Crippen LogP contribution in [-0.2, 0) is 9.53 Å². The summed E-state index contributed by atoms with van der Waals surface area (Å²) in [5, 5.41) is 3.03. The van der Waals surface area contributed by atoms with E-state index < -0.39 is 11.6 Å². The summed E-state index contributed by atoms with van der Waals surface area (Å²) in [7, 11) is 1.80. The second kappa shape index (κ2) is 4.92. The van der Waals surface area contributed by atoms with Gasteiger partial charge in [-0.1, -0.05) is 6.92 Å². The molecule has 0 saturated heterocycles. The molecule has 0 spiro atoms. The number of carbonyl (C=O) groups excluding carboxylic acids is 1. The first-order valence-corrected chi connectivity index (χ1v) is 5.61. The largest absolute Gasteiger partial charge is 0.464 e. The fourth-order valence-corrected chi connectivity index (χ4v) is 2.35. The van der Waals surface area contributed by atoms with Gasteiger partial charge in [-0.15, -0.1) is 0 Å². The molecule has 0 heterocycles. The van der Waals surface area contributed by atoms with Crippen LogP contribution in [0.1, 0.15) is 33.1 Å². The molecule has 15 heavy (non-hydrogen) atoms. The van der Waals surface area contributed by atoms with Crippen LogP contribution < -0.4 is 5.32 Å². The summed E-state index contributed by atoms with van der Waals surface area (Å²) in [5.41, 5.74) is -1.78. The first kappa shape index (κ1) is 12.4. The van der Waals surface area contributed by atoms with Gasteiger partial charge in [-0.25, -0.2) is 9.18 Å². The van der Waals surface area contributed by atoms with Gasteiger partial charge in [0.05, 0.1) is 6.61 Å². The molecule has 0 aromatic rings. The van der Waals surface area contributed by atoms with E-state index >= 15 is 0 Å². The first-order valence-electron chi connectivity index (χ1n) is 5.61. The number of ether oxygens (including phenoxy) is 1. The summed E-state index contributed by atoms with van der Waals surface area (Å²) in [6, 6.07) is 0.0874. The van der Waals surface area contributed by atoms with Crippen LogP contribution in [0.15, 0.2) is 0 Å². The molecule has 0 bridgehead atoms. The highest BCUT2D eigenvalue weighted by molar-refractivity contribution is 5.80. The standard InChI is InChI=1S/C11H20FNO2/c1-4-8-6-9(13-3)7-11(8,12)10(14)15-5-2/h8-9,13H,4-7H2,1-3H3. The molecule has 88 valence electrons. The van der Waals surface area contributed by atoms with E-state index in [9.17, 15) is 9.18 Å². The molecule has 0 amide bonds. The summed E-state index contributed by atoms with van der Waals surface area (Å²) in [6.07, 6.45) is 1.62. The van der Waals surface area contributed by atoms with Crippen molar-refractivity contribution in [1.29, 1.82) is 0 Å². The normalized spacial score (nSPS) is 35.5. The Labute approximate surface area is 90.4 Å². The summed E-state index contributed by atoms with van der Waals surface area (Å²) in [5.74, 6) is -0.899. The Balaban J connectivity index is 2.76. The zero-order valence-electron chi connectivity index (χ0n) is 9.68. The van der Waals surface area contributed by atoms with Crippen LogP contribution in [0, 0.1) is 5.92 Å². The molecule has 1 saturated carbocycles. The van der Waals surface area contributed by atoms with Gasteiger partial charge < -0.3 is 10.1 Å². The topological polar surface area (TPSA) is 38.3 Å². The monoisotopic (exact) mass is 217 g/mol. The van der Waals surface area contributed by atoms with Crippen molar-refractivity contribution >= 4 is 5.97 Å². The smallest absolute Gasteiger partial charge is 0.344 e. The van der Waals surface area contributed by atoms with E-state index in [1.807, 2.05) is 6.92 Å². The fourth-order valence-electron chi connectivity index (χ4n) is 2.35. The van der Waals surface area contributed by atoms with Crippen molar-refractivity contribution < 1.29 is 13.9 Å². The number of halogens is 1. The Kier molecular flexibility index (Phi) is 4.08. The first-order chi connectivity index (χ1) is 7.08. The average Bonchev–Trinajstić information content (AvgIpc) is 2.57. The molecular weight excluding hydrogens is 197 g/mol. The van der Waals surface area contributed by atoms with Crippen LogP contribution in [-0.4, -0.2) is 31.3 Å². The predicted octanol–water partition coefficient (Wildman–Crippen LogP) is 1.67. The molecule has 0 aromatic carbocycles. The summed E-state index contributed by atoms with van der Waals surface area (Å²) in [4.78, 5) is 11.6. The Morgan fingerprint density at radius 3 is 2.73 bits per heavy atom. The quantitative estimate of drug-likeness (QED) is 0.728. The van der Waals surface area contributed by atoms with Crippen molar-refractivity contribution in [3.05, 3.63) is 0 Å². The van der Waals surface area contributed by atoms with Crippen molar-refractivity contribution in [2.24, 2.45) is 5.92 Å². The zero-order chi connectivity index (χ0) is 11.5. The number of hydrogen-bond donors (Lipinski definition) is 1. The second-order valence-corrected chi connectivity index (χ2v) is 4.11. The Hall–Kier alpha value is -0.640. The molecule has 0 aromatic heterocycles. The number of esters is 1. The van der Waals surface area contributed by atoms with Crippen LogP contribution >= 0.6 is 0 Å². The van der Waals surface area contributed by atoms with Gasteiger partial charge in [0, 0.05) is 18.4 Å². The molecule has 3 atom stereocenters.